The van der Waals surface area contributed by atoms with Gasteiger partial charge in [0.1, 0.15) is 5.56 Å². The lowest BCUT2D eigenvalue weighted by Crippen LogP contribution is -2.38. The van der Waals surface area contributed by atoms with E-state index < -0.39 is 5.91 Å². The molecule has 0 unspecified atom stereocenters. The Kier molecular flexibility index (Phi) is 4.75. The number of amides is 1. The largest absolute Gasteiger partial charge is 0.365 e. The van der Waals surface area contributed by atoms with Crippen LogP contribution in [-0.2, 0) is 13.1 Å². The molecule has 0 saturated heterocycles. The van der Waals surface area contributed by atoms with Crippen LogP contribution in [0.4, 0.5) is 0 Å². The molecule has 2 rings (SSSR count). The number of aryl methyl sites for hydroxylation is 1. The van der Waals surface area contributed by atoms with Gasteiger partial charge in [-0.1, -0.05) is 6.92 Å². The number of primary amides is 1. The van der Waals surface area contributed by atoms with Crippen LogP contribution in [0, 0.1) is 13.8 Å². The maximum Gasteiger partial charge on any atom is 0.254 e. The highest BCUT2D eigenvalue weighted by molar-refractivity contribution is 5.96. The van der Waals surface area contributed by atoms with Gasteiger partial charge in [-0.3, -0.25) is 9.59 Å². The van der Waals surface area contributed by atoms with E-state index >= 15 is 0 Å². The smallest absolute Gasteiger partial charge is 0.254 e. The molecule has 116 valence electrons. The van der Waals surface area contributed by atoms with Gasteiger partial charge < -0.3 is 10.3 Å². The van der Waals surface area contributed by atoms with E-state index in [1.807, 2.05) is 19.9 Å². The Hall–Kier alpha value is -2.43. The molecule has 0 saturated carbocycles. The topological polar surface area (TPSA) is 69.0 Å². The van der Waals surface area contributed by atoms with Crippen LogP contribution in [0.3, 0.4) is 0 Å². The van der Waals surface area contributed by atoms with E-state index in [1.165, 1.54) is 0 Å². The second kappa shape index (κ2) is 6.56. The van der Waals surface area contributed by atoms with E-state index in [0.29, 0.717) is 5.56 Å². The van der Waals surface area contributed by atoms with Crippen LogP contribution < -0.4 is 10.3 Å². The van der Waals surface area contributed by atoms with Crippen LogP contribution in [0.15, 0.2) is 30.6 Å². The Morgan fingerprint density at radius 2 is 2.05 bits per heavy atom. The summed E-state index contributed by atoms with van der Waals surface area (Å²) in [6.45, 7) is 7.21. The van der Waals surface area contributed by atoms with Gasteiger partial charge in [-0.05, 0) is 32.4 Å². The molecule has 2 N–H and O–H groups in total. The lowest BCUT2D eigenvalue weighted by molar-refractivity contribution is -0.683. The molecule has 5 nitrogen and oxygen atoms in total. The highest BCUT2D eigenvalue weighted by Gasteiger charge is 2.19. The SMILES string of the molecule is CCCn1c(C)cc(C(=O)C[n+]2cccc(C(N)=O)c2)c1C. The third-order valence-corrected chi connectivity index (χ3v) is 3.79. The summed E-state index contributed by atoms with van der Waals surface area (Å²) in [4.78, 5) is 23.7. The molecular weight excluding hydrogens is 278 g/mol. The van der Waals surface area contributed by atoms with Crippen molar-refractivity contribution in [2.75, 3.05) is 0 Å². The van der Waals surface area contributed by atoms with Crippen molar-refractivity contribution in [3.05, 3.63) is 53.1 Å². The first-order valence-electron chi connectivity index (χ1n) is 7.43. The van der Waals surface area contributed by atoms with Crippen molar-refractivity contribution in [1.29, 1.82) is 0 Å². The fourth-order valence-electron chi connectivity index (χ4n) is 2.67. The first-order chi connectivity index (χ1) is 10.4. The summed E-state index contributed by atoms with van der Waals surface area (Å²) in [5.41, 5.74) is 8.49. The number of rotatable bonds is 6. The maximum absolute atomic E-state index is 12.5. The van der Waals surface area contributed by atoms with E-state index in [9.17, 15) is 9.59 Å². The van der Waals surface area contributed by atoms with Crippen molar-refractivity contribution < 1.29 is 14.2 Å². The predicted octanol–water partition coefficient (Wildman–Crippen LogP) is 1.78. The summed E-state index contributed by atoms with van der Waals surface area (Å²) in [7, 11) is 0. The minimum atomic E-state index is -0.497. The molecule has 0 fully saturated rings. The van der Waals surface area contributed by atoms with Gasteiger partial charge in [0.25, 0.3) is 5.91 Å². The van der Waals surface area contributed by atoms with E-state index in [2.05, 4.69) is 11.5 Å². The highest BCUT2D eigenvalue weighted by Crippen LogP contribution is 2.16. The van der Waals surface area contributed by atoms with Gasteiger partial charge in [-0.15, -0.1) is 0 Å². The minimum absolute atomic E-state index is 0.0297. The quantitative estimate of drug-likeness (QED) is 0.652. The van der Waals surface area contributed by atoms with Crippen LogP contribution in [0.2, 0.25) is 0 Å². The Morgan fingerprint density at radius 3 is 2.68 bits per heavy atom. The number of Topliss-reactive ketones (excluding diaryl/α,β-unsaturated/α-hetero) is 1. The number of hydrogen-bond acceptors (Lipinski definition) is 2. The normalized spacial score (nSPS) is 10.7. The summed E-state index contributed by atoms with van der Waals surface area (Å²) in [5, 5.41) is 0. The maximum atomic E-state index is 12.5. The monoisotopic (exact) mass is 300 g/mol. The summed E-state index contributed by atoms with van der Waals surface area (Å²) in [6.07, 6.45) is 4.39. The lowest BCUT2D eigenvalue weighted by atomic mass is 10.1. The van der Waals surface area contributed by atoms with Gasteiger partial charge in [-0.25, -0.2) is 0 Å². The zero-order chi connectivity index (χ0) is 16.3. The number of hydrogen-bond donors (Lipinski definition) is 1. The minimum Gasteiger partial charge on any atom is -0.365 e. The van der Waals surface area contributed by atoms with Crippen molar-refractivity contribution in [2.45, 2.75) is 40.3 Å². The third-order valence-electron chi connectivity index (χ3n) is 3.79. The van der Waals surface area contributed by atoms with Crippen LogP contribution in [0.5, 0.6) is 0 Å². The molecule has 0 bridgehead atoms. The van der Waals surface area contributed by atoms with E-state index in [1.54, 1.807) is 29.1 Å². The average molecular weight is 300 g/mol. The second-order valence-electron chi connectivity index (χ2n) is 5.49. The number of pyridine rings is 1. The molecule has 1 amide bonds. The van der Waals surface area contributed by atoms with E-state index in [0.717, 1.165) is 29.9 Å². The molecule has 0 aliphatic heterocycles. The number of aromatic nitrogens is 2. The van der Waals surface area contributed by atoms with Gasteiger partial charge in [0, 0.05) is 29.6 Å². The van der Waals surface area contributed by atoms with Crippen LogP contribution in [0.25, 0.3) is 0 Å². The Morgan fingerprint density at radius 1 is 1.32 bits per heavy atom. The average Bonchev–Trinajstić information content (AvgIpc) is 2.76. The molecule has 5 heteroatoms. The highest BCUT2D eigenvalue weighted by atomic mass is 16.1. The van der Waals surface area contributed by atoms with Crippen LogP contribution in [-0.4, -0.2) is 16.3 Å². The second-order valence-corrected chi connectivity index (χ2v) is 5.49. The Bertz CT molecular complexity index is 717. The molecule has 0 aromatic carbocycles. The molecule has 0 aliphatic rings. The summed E-state index contributed by atoms with van der Waals surface area (Å²) in [5.74, 6) is -0.468. The summed E-state index contributed by atoms with van der Waals surface area (Å²) >= 11 is 0. The van der Waals surface area contributed by atoms with Crippen molar-refractivity contribution in [3.63, 3.8) is 0 Å². The van der Waals surface area contributed by atoms with Gasteiger partial charge in [0.15, 0.2) is 12.4 Å². The van der Waals surface area contributed by atoms with Crippen molar-refractivity contribution in [2.24, 2.45) is 5.73 Å². The van der Waals surface area contributed by atoms with Crippen molar-refractivity contribution in [1.82, 2.24) is 4.57 Å². The molecule has 0 atom stereocenters. The lowest BCUT2D eigenvalue weighted by Gasteiger charge is -2.07. The molecule has 22 heavy (non-hydrogen) atoms. The molecule has 2 aromatic heterocycles. The molecular formula is C17H22N3O2+. The Labute approximate surface area is 130 Å². The van der Waals surface area contributed by atoms with Gasteiger partial charge in [0.2, 0.25) is 12.3 Å². The zero-order valence-electron chi connectivity index (χ0n) is 13.3. The molecule has 2 aromatic rings. The number of ketones is 1. The summed E-state index contributed by atoms with van der Waals surface area (Å²) < 4.78 is 3.85. The fourth-order valence-corrected chi connectivity index (χ4v) is 2.67. The Balaban J connectivity index is 2.24. The number of carbonyl (C=O) groups is 2. The van der Waals surface area contributed by atoms with Gasteiger partial charge >= 0.3 is 0 Å². The zero-order valence-corrected chi connectivity index (χ0v) is 13.3. The summed E-state index contributed by atoms with van der Waals surface area (Å²) in [6, 6.07) is 5.29. The molecule has 2 heterocycles. The molecule has 0 aliphatic carbocycles. The first kappa shape index (κ1) is 15.9. The first-order valence-corrected chi connectivity index (χ1v) is 7.43. The number of nitrogens with zero attached hydrogens (tertiary/aromatic N) is 2. The standard InChI is InChI=1S/C17H21N3O2/c1-4-7-20-12(2)9-15(13(20)3)16(21)11-19-8-5-6-14(10-19)17(18)22/h5-6,8-10H,4,7,11H2,1-3H3,(H-,18,22)/p+1. The van der Waals surface area contributed by atoms with Crippen molar-refractivity contribution >= 4 is 11.7 Å². The predicted molar refractivity (Wildman–Crippen MR) is 83.7 cm³/mol. The van der Waals surface area contributed by atoms with Crippen molar-refractivity contribution in [3.8, 4) is 0 Å². The molecule has 0 radical (unpaired) electrons. The van der Waals surface area contributed by atoms with E-state index in [4.69, 9.17) is 5.73 Å². The van der Waals surface area contributed by atoms with Crippen LogP contribution >= 0.6 is 0 Å². The number of nitrogens with two attached hydrogens (primary N) is 1. The van der Waals surface area contributed by atoms with Gasteiger partial charge in [0.05, 0.1) is 0 Å². The van der Waals surface area contributed by atoms with Crippen LogP contribution in [0.1, 0.15) is 45.4 Å². The number of carbonyl (C=O) groups excluding carboxylic acids is 2. The molecule has 0 spiro atoms. The van der Waals surface area contributed by atoms with E-state index in [-0.39, 0.29) is 12.3 Å². The fraction of sp³-hybridized carbons (Fsp3) is 0.353. The van der Waals surface area contributed by atoms with Gasteiger partial charge in [-0.2, -0.15) is 4.57 Å². The third kappa shape index (κ3) is 3.24.